The molecular weight excluding hydrogens is 373 g/mol. The van der Waals surface area contributed by atoms with Crippen LogP contribution in [-0.2, 0) is 6.54 Å². The third kappa shape index (κ3) is 3.63. The van der Waals surface area contributed by atoms with Gasteiger partial charge in [-0.2, -0.15) is 0 Å². The van der Waals surface area contributed by atoms with Crippen molar-refractivity contribution in [1.82, 2.24) is 9.47 Å². The van der Waals surface area contributed by atoms with Crippen LogP contribution in [0.1, 0.15) is 17.3 Å². The van der Waals surface area contributed by atoms with Crippen LogP contribution in [0.4, 0.5) is 14.9 Å². The lowest BCUT2D eigenvalue weighted by Crippen LogP contribution is -2.44. The Bertz CT molecular complexity index is 1030. The molecule has 0 fully saturated rings. The van der Waals surface area contributed by atoms with E-state index in [-0.39, 0.29) is 11.8 Å². The minimum Gasteiger partial charge on any atom is -0.497 e. The smallest absolute Gasteiger partial charge is 0.322 e. The van der Waals surface area contributed by atoms with Crippen LogP contribution in [0.3, 0.4) is 0 Å². The molecule has 1 aliphatic rings. The van der Waals surface area contributed by atoms with Crippen LogP contribution in [0.15, 0.2) is 60.8 Å². The highest BCUT2D eigenvalue weighted by Crippen LogP contribution is 2.34. The molecule has 6 nitrogen and oxygen atoms in total. The molecule has 0 aliphatic carbocycles. The van der Waals surface area contributed by atoms with Crippen molar-refractivity contribution in [2.75, 3.05) is 26.1 Å². The van der Waals surface area contributed by atoms with Crippen LogP contribution in [-0.4, -0.2) is 36.3 Å². The van der Waals surface area contributed by atoms with E-state index in [4.69, 9.17) is 9.47 Å². The van der Waals surface area contributed by atoms with E-state index >= 15 is 0 Å². The Morgan fingerprint density at radius 1 is 1.07 bits per heavy atom. The van der Waals surface area contributed by atoms with Gasteiger partial charge in [0.2, 0.25) is 0 Å². The quantitative estimate of drug-likeness (QED) is 0.717. The van der Waals surface area contributed by atoms with Crippen molar-refractivity contribution >= 4 is 11.7 Å². The largest absolute Gasteiger partial charge is 0.497 e. The SMILES string of the molecule is COc1ccc(NC(=O)N2CCn3cccc3C2c2cccc(F)c2)c(OC)c1. The Kier molecular flexibility index (Phi) is 5.12. The molecule has 0 spiro atoms. The molecule has 0 radical (unpaired) electrons. The summed E-state index contributed by atoms with van der Waals surface area (Å²) in [6.07, 6.45) is 1.98. The topological polar surface area (TPSA) is 55.7 Å². The number of aromatic nitrogens is 1. The van der Waals surface area contributed by atoms with Crippen molar-refractivity contribution in [2.24, 2.45) is 0 Å². The van der Waals surface area contributed by atoms with Gasteiger partial charge in [-0.3, -0.25) is 0 Å². The third-order valence-corrected chi connectivity index (χ3v) is 5.11. The molecule has 3 aromatic rings. The maximum absolute atomic E-state index is 13.9. The number of carbonyl (C=O) groups excluding carboxylic acids is 1. The van der Waals surface area contributed by atoms with Crippen LogP contribution >= 0.6 is 0 Å². The Morgan fingerprint density at radius 2 is 1.93 bits per heavy atom. The first kappa shape index (κ1) is 18.9. The maximum Gasteiger partial charge on any atom is 0.322 e. The number of amides is 2. The van der Waals surface area contributed by atoms with E-state index in [1.165, 1.54) is 19.2 Å². The summed E-state index contributed by atoms with van der Waals surface area (Å²) in [5.74, 6) is 0.803. The fourth-order valence-electron chi connectivity index (χ4n) is 3.72. The van der Waals surface area contributed by atoms with E-state index in [1.807, 2.05) is 24.4 Å². The molecule has 0 bridgehead atoms. The fraction of sp³-hybridized carbons (Fsp3) is 0.227. The summed E-state index contributed by atoms with van der Waals surface area (Å²) >= 11 is 0. The average Bonchev–Trinajstić information content (AvgIpc) is 3.22. The number of nitrogens with one attached hydrogen (secondary N) is 1. The lowest BCUT2D eigenvalue weighted by atomic mass is 10.00. The first-order valence-electron chi connectivity index (χ1n) is 9.31. The molecule has 0 saturated heterocycles. The molecule has 1 aliphatic heterocycles. The van der Waals surface area contributed by atoms with Crippen LogP contribution in [0.25, 0.3) is 0 Å². The zero-order valence-electron chi connectivity index (χ0n) is 16.3. The lowest BCUT2D eigenvalue weighted by Gasteiger charge is -2.37. The first-order chi connectivity index (χ1) is 14.1. The zero-order chi connectivity index (χ0) is 20.4. The van der Waals surface area contributed by atoms with Gasteiger partial charge < -0.3 is 24.3 Å². The van der Waals surface area contributed by atoms with Crippen molar-refractivity contribution in [3.05, 3.63) is 77.9 Å². The highest BCUT2D eigenvalue weighted by Gasteiger charge is 2.32. The summed E-state index contributed by atoms with van der Waals surface area (Å²) < 4.78 is 26.6. The van der Waals surface area contributed by atoms with Gasteiger partial charge in [0.15, 0.2) is 0 Å². The van der Waals surface area contributed by atoms with E-state index in [2.05, 4.69) is 9.88 Å². The van der Waals surface area contributed by atoms with Gasteiger partial charge in [-0.1, -0.05) is 12.1 Å². The Labute approximate surface area is 168 Å². The van der Waals surface area contributed by atoms with Crippen LogP contribution < -0.4 is 14.8 Å². The summed E-state index contributed by atoms with van der Waals surface area (Å²) in [6.45, 7) is 1.16. The Balaban J connectivity index is 1.67. The number of nitrogens with zero attached hydrogens (tertiary/aromatic N) is 2. The summed E-state index contributed by atoms with van der Waals surface area (Å²) in [5.41, 5.74) is 2.21. The number of fused-ring (bicyclic) bond motifs is 1. The number of hydrogen-bond donors (Lipinski definition) is 1. The van der Waals surface area contributed by atoms with Gasteiger partial charge in [-0.15, -0.1) is 0 Å². The molecule has 29 heavy (non-hydrogen) atoms. The lowest BCUT2D eigenvalue weighted by molar-refractivity contribution is 0.181. The van der Waals surface area contributed by atoms with Gasteiger partial charge in [0.25, 0.3) is 0 Å². The third-order valence-electron chi connectivity index (χ3n) is 5.11. The Morgan fingerprint density at radius 3 is 2.69 bits per heavy atom. The summed E-state index contributed by atoms with van der Waals surface area (Å²) in [5, 5.41) is 2.92. The van der Waals surface area contributed by atoms with Crippen molar-refractivity contribution in [3.8, 4) is 11.5 Å². The number of hydrogen-bond acceptors (Lipinski definition) is 3. The highest BCUT2D eigenvalue weighted by atomic mass is 19.1. The molecule has 150 valence electrons. The van der Waals surface area contributed by atoms with Crippen molar-refractivity contribution in [2.45, 2.75) is 12.6 Å². The highest BCUT2D eigenvalue weighted by molar-refractivity contribution is 5.91. The summed E-state index contributed by atoms with van der Waals surface area (Å²) in [4.78, 5) is 14.9. The minimum absolute atomic E-state index is 0.282. The van der Waals surface area contributed by atoms with E-state index in [1.54, 1.807) is 36.3 Å². The van der Waals surface area contributed by atoms with Gasteiger partial charge in [-0.25, -0.2) is 9.18 Å². The van der Waals surface area contributed by atoms with Crippen molar-refractivity contribution < 1.29 is 18.7 Å². The molecule has 7 heteroatoms. The number of benzene rings is 2. The second kappa shape index (κ2) is 7.87. The summed E-state index contributed by atoms with van der Waals surface area (Å²) in [6, 6.07) is 14.8. The van der Waals surface area contributed by atoms with Gasteiger partial charge >= 0.3 is 6.03 Å². The molecule has 2 amide bonds. The molecule has 2 heterocycles. The fourth-order valence-corrected chi connectivity index (χ4v) is 3.72. The zero-order valence-corrected chi connectivity index (χ0v) is 16.3. The number of rotatable bonds is 4. The monoisotopic (exact) mass is 395 g/mol. The number of ether oxygens (including phenoxy) is 2. The number of anilines is 1. The van der Waals surface area contributed by atoms with E-state index in [0.29, 0.717) is 30.3 Å². The molecule has 0 saturated carbocycles. The molecule has 1 N–H and O–H groups in total. The van der Waals surface area contributed by atoms with Crippen molar-refractivity contribution in [1.29, 1.82) is 0 Å². The average molecular weight is 395 g/mol. The molecular formula is C22H22FN3O3. The Hall–Kier alpha value is -3.48. The van der Waals surface area contributed by atoms with Crippen LogP contribution in [0, 0.1) is 5.82 Å². The van der Waals surface area contributed by atoms with E-state index in [0.717, 1.165) is 11.3 Å². The molecule has 1 aromatic heterocycles. The van der Waals surface area contributed by atoms with Gasteiger partial charge in [-0.05, 0) is 42.0 Å². The minimum atomic E-state index is -0.390. The van der Waals surface area contributed by atoms with Gasteiger partial charge in [0.1, 0.15) is 17.3 Å². The van der Waals surface area contributed by atoms with Crippen molar-refractivity contribution in [3.63, 3.8) is 0 Å². The predicted molar refractivity (Wildman–Crippen MR) is 108 cm³/mol. The second-order valence-corrected chi connectivity index (χ2v) is 6.77. The molecule has 2 aromatic carbocycles. The summed E-state index contributed by atoms with van der Waals surface area (Å²) in [7, 11) is 3.10. The van der Waals surface area contributed by atoms with Crippen LogP contribution in [0.5, 0.6) is 11.5 Å². The second-order valence-electron chi connectivity index (χ2n) is 6.77. The predicted octanol–water partition coefficient (Wildman–Crippen LogP) is 4.28. The van der Waals surface area contributed by atoms with Gasteiger partial charge in [0.05, 0.1) is 25.9 Å². The maximum atomic E-state index is 13.9. The number of urea groups is 1. The number of carbonyl (C=O) groups is 1. The van der Waals surface area contributed by atoms with E-state index < -0.39 is 6.04 Å². The normalized spacial score (nSPS) is 15.6. The molecule has 1 unspecified atom stereocenters. The number of halogens is 1. The standard InChI is InChI=1S/C22H22FN3O3/c1-28-17-8-9-18(20(14-17)29-2)24-22(27)26-12-11-25-10-4-7-19(25)21(26)15-5-3-6-16(23)13-15/h3-10,13-14,21H,11-12H2,1-2H3,(H,24,27). The molecule has 4 rings (SSSR count). The van der Waals surface area contributed by atoms with E-state index in [9.17, 15) is 9.18 Å². The van der Waals surface area contributed by atoms with Crippen LogP contribution in [0.2, 0.25) is 0 Å². The molecule has 1 atom stereocenters. The number of methoxy groups -OCH3 is 2. The van der Waals surface area contributed by atoms with Gasteiger partial charge in [0, 0.05) is 31.0 Å². The first-order valence-corrected chi connectivity index (χ1v) is 9.31.